The molecule has 0 atom stereocenters. The standard InChI is InChI=1S/C11H20Si/c1-10(2)8-9-12(6,7)11(3,4)5/h1H2,2-7H3. The van der Waals surface area contributed by atoms with Crippen LogP contribution in [0.5, 0.6) is 0 Å². The predicted molar refractivity (Wildman–Crippen MR) is 59.8 cm³/mol. The predicted octanol–water partition coefficient (Wildman–Crippen LogP) is 3.61. The summed E-state index contributed by atoms with van der Waals surface area (Å²) >= 11 is 0. The maximum Gasteiger partial charge on any atom is 0.138 e. The van der Waals surface area contributed by atoms with Crippen molar-refractivity contribution in [3.05, 3.63) is 12.2 Å². The van der Waals surface area contributed by atoms with Crippen molar-refractivity contribution >= 4 is 8.07 Å². The van der Waals surface area contributed by atoms with E-state index < -0.39 is 8.07 Å². The van der Waals surface area contributed by atoms with Gasteiger partial charge in [0.05, 0.1) is 0 Å². The minimum atomic E-state index is -1.39. The first-order valence-corrected chi connectivity index (χ1v) is 7.35. The first-order chi connectivity index (χ1) is 5.17. The first kappa shape index (κ1) is 11.5. The zero-order chi connectivity index (χ0) is 9.99. The van der Waals surface area contributed by atoms with Gasteiger partial charge in [-0.15, -0.1) is 5.54 Å². The van der Waals surface area contributed by atoms with Crippen LogP contribution in [0.2, 0.25) is 18.1 Å². The van der Waals surface area contributed by atoms with Crippen LogP contribution < -0.4 is 0 Å². The normalized spacial score (nSPS) is 11.8. The largest absolute Gasteiger partial charge is 0.138 e. The molecule has 0 rings (SSSR count). The summed E-state index contributed by atoms with van der Waals surface area (Å²) in [5.41, 5.74) is 4.36. The second-order valence-electron chi connectivity index (χ2n) is 4.91. The molecule has 68 valence electrons. The van der Waals surface area contributed by atoms with Gasteiger partial charge < -0.3 is 0 Å². The number of rotatable bonds is 0. The van der Waals surface area contributed by atoms with Crippen LogP contribution >= 0.6 is 0 Å². The summed E-state index contributed by atoms with van der Waals surface area (Å²) in [6.45, 7) is 17.2. The van der Waals surface area contributed by atoms with Crippen LogP contribution in [-0.2, 0) is 0 Å². The van der Waals surface area contributed by atoms with Gasteiger partial charge in [0.15, 0.2) is 0 Å². The lowest BCUT2D eigenvalue weighted by molar-refractivity contribution is 0.731. The topological polar surface area (TPSA) is 0 Å². The molecule has 0 radical (unpaired) electrons. The van der Waals surface area contributed by atoms with Gasteiger partial charge in [0.1, 0.15) is 8.07 Å². The highest BCUT2D eigenvalue weighted by molar-refractivity contribution is 6.87. The Morgan fingerprint density at radius 1 is 1.25 bits per heavy atom. The van der Waals surface area contributed by atoms with Crippen molar-refractivity contribution in [2.45, 2.75) is 45.8 Å². The maximum absolute atomic E-state index is 3.79. The van der Waals surface area contributed by atoms with Gasteiger partial charge in [-0.2, -0.15) is 0 Å². The Labute approximate surface area is 78.1 Å². The smallest absolute Gasteiger partial charge is 0.126 e. The summed E-state index contributed by atoms with van der Waals surface area (Å²) in [4.78, 5) is 0. The Morgan fingerprint density at radius 3 is 1.92 bits per heavy atom. The van der Waals surface area contributed by atoms with E-state index in [2.05, 4.69) is 51.9 Å². The van der Waals surface area contributed by atoms with E-state index in [4.69, 9.17) is 0 Å². The average molecular weight is 180 g/mol. The molecule has 0 nitrogen and oxygen atoms in total. The van der Waals surface area contributed by atoms with Crippen molar-refractivity contribution in [1.29, 1.82) is 0 Å². The van der Waals surface area contributed by atoms with Gasteiger partial charge in [-0.05, 0) is 17.5 Å². The molecule has 0 bridgehead atoms. The molecule has 0 fully saturated rings. The molecule has 0 aliphatic heterocycles. The van der Waals surface area contributed by atoms with Gasteiger partial charge in [0.2, 0.25) is 0 Å². The molecule has 0 aliphatic rings. The zero-order valence-electron chi connectivity index (χ0n) is 9.21. The van der Waals surface area contributed by atoms with Crippen molar-refractivity contribution in [3.63, 3.8) is 0 Å². The number of allylic oxidation sites excluding steroid dienone is 1. The molecule has 0 N–H and O–H groups in total. The highest BCUT2D eigenvalue weighted by Gasteiger charge is 2.33. The van der Waals surface area contributed by atoms with E-state index in [1.54, 1.807) is 0 Å². The summed E-state index contributed by atoms with van der Waals surface area (Å²) < 4.78 is 0. The van der Waals surface area contributed by atoms with Crippen molar-refractivity contribution in [2.24, 2.45) is 0 Å². The van der Waals surface area contributed by atoms with E-state index in [-0.39, 0.29) is 0 Å². The van der Waals surface area contributed by atoms with Gasteiger partial charge in [-0.3, -0.25) is 0 Å². The molecule has 0 aromatic carbocycles. The van der Waals surface area contributed by atoms with E-state index in [1.807, 2.05) is 6.92 Å². The Morgan fingerprint density at radius 2 is 1.67 bits per heavy atom. The minimum absolute atomic E-state index is 0.357. The van der Waals surface area contributed by atoms with E-state index in [9.17, 15) is 0 Å². The summed E-state index contributed by atoms with van der Waals surface area (Å²) in [7, 11) is -1.39. The monoisotopic (exact) mass is 180 g/mol. The molecule has 0 unspecified atom stereocenters. The number of hydrogen-bond acceptors (Lipinski definition) is 0. The van der Waals surface area contributed by atoms with E-state index in [0.717, 1.165) is 5.57 Å². The molecule has 0 amide bonds. The summed E-state index contributed by atoms with van der Waals surface area (Å²) in [6, 6.07) is 0. The van der Waals surface area contributed by atoms with Crippen LogP contribution in [0.15, 0.2) is 12.2 Å². The average Bonchev–Trinajstić information content (AvgIpc) is 1.81. The molecule has 1 heteroatoms. The Kier molecular flexibility index (Phi) is 3.35. The van der Waals surface area contributed by atoms with Crippen LogP contribution in [0.3, 0.4) is 0 Å². The van der Waals surface area contributed by atoms with Crippen LogP contribution in [0.25, 0.3) is 0 Å². The zero-order valence-corrected chi connectivity index (χ0v) is 10.2. The number of hydrogen-bond donors (Lipinski definition) is 0. The molecule has 0 spiro atoms. The van der Waals surface area contributed by atoms with E-state index in [1.165, 1.54) is 0 Å². The lowest BCUT2D eigenvalue weighted by Gasteiger charge is -2.31. The molecular formula is C11H20Si. The summed E-state index contributed by atoms with van der Waals surface area (Å²) in [5, 5.41) is 0.357. The lowest BCUT2D eigenvalue weighted by atomic mass is 10.2. The SMILES string of the molecule is C=C(C)C#C[Si](C)(C)C(C)(C)C. The van der Waals surface area contributed by atoms with Gasteiger partial charge in [0, 0.05) is 0 Å². The highest BCUT2D eigenvalue weighted by Crippen LogP contribution is 2.35. The molecule has 0 heterocycles. The summed E-state index contributed by atoms with van der Waals surface area (Å²) in [5.74, 6) is 3.11. The van der Waals surface area contributed by atoms with E-state index >= 15 is 0 Å². The third-order valence-corrected chi connectivity index (χ3v) is 6.96. The molecule has 12 heavy (non-hydrogen) atoms. The molecule has 0 aliphatic carbocycles. The fourth-order valence-electron chi connectivity index (χ4n) is 0.450. The minimum Gasteiger partial charge on any atom is -0.126 e. The molecule has 0 saturated heterocycles. The fraction of sp³-hybridized carbons (Fsp3) is 0.636. The van der Waals surface area contributed by atoms with Gasteiger partial charge >= 0.3 is 0 Å². The van der Waals surface area contributed by atoms with E-state index in [0.29, 0.717) is 5.04 Å². The molecule has 0 aromatic heterocycles. The molecule has 0 aromatic rings. The van der Waals surface area contributed by atoms with Crippen molar-refractivity contribution < 1.29 is 0 Å². The third-order valence-electron chi connectivity index (χ3n) is 2.46. The van der Waals surface area contributed by atoms with Crippen LogP contribution in [-0.4, -0.2) is 8.07 Å². The first-order valence-electron chi connectivity index (χ1n) is 4.35. The van der Waals surface area contributed by atoms with Gasteiger partial charge in [0.25, 0.3) is 0 Å². The second-order valence-corrected chi connectivity index (χ2v) is 9.91. The third kappa shape index (κ3) is 3.28. The van der Waals surface area contributed by atoms with Gasteiger partial charge in [-0.1, -0.05) is 46.4 Å². The van der Waals surface area contributed by atoms with Crippen molar-refractivity contribution in [3.8, 4) is 11.5 Å². The maximum atomic E-state index is 3.79. The van der Waals surface area contributed by atoms with Crippen molar-refractivity contribution in [2.75, 3.05) is 0 Å². The fourth-order valence-corrected chi connectivity index (χ4v) is 1.35. The summed E-state index contributed by atoms with van der Waals surface area (Å²) in [6.07, 6.45) is 0. The molecular weight excluding hydrogens is 160 g/mol. The van der Waals surface area contributed by atoms with Crippen molar-refractivity contribution in [1.82, 2.24) is 0 Å². The van der Waals surface area contributed by atoms with Crippen LogP contribution in [0, 0.1) is 11.5 Å². The lowest BCUT2D eigenvalue weighted by Crippen LogP contribution is -2.35. The van der Waals surface area contributed by atoms with Crippen LogP contribution in [0.1, 0.15) is 27.7 Å². The van der Waals surface area contributed by atoms with Gasteiger partial charge in [-0.25, -0.2) is 0 Å². The molecule has 0 saturated carbocycles. The Bertz CT molecular complexity index is 230. The highest BCUT2D eigenvalue weighted by atomic mass is 28.3. The Hall–Kier alpha value is -0.483. The second kappa shape index (κ2) is 3.49. The van der Waals surface area contributed by atoms with Crippen LogP contribution in [0.4, 0.5) is 0 Å². The quantitative estimate of drug-likeness (QED) is 0.394. The Balaban J connectivity index is 4.69.